The van der Waals surface area contributed by atoms with Gasteiger partial charge in [0.25, 0.3) is 0 Å². The monoisotopic (exact) mass is 129 g/mol. The molecule has 1 unspecified atom stereocenters. The van der Waals surface area contributed by atoms with Crippen LogP contribution >= 0.6 is 0 Å². The average Bonchev–Trinajstić information content (AvgIpc) is 2.14. The Morgan fingerprint density at radius 3 is 2.67 bits per heavy atom. The Balaban J connectivity index is 2.39. The van der Waals surface area contributed by atoms with Crippen LogP contribution in [-0.2, 0) is 0 Å². The number of nitrogens with two attached hydrogens (primary N) is 1. The quantitative estimate of drug-likeness (QED) is 0.288. The third-order valence-corrected chi connectivity index (χ3v) is 1.50. The molecule has 4 nitrogen and oxygen atoms in total. The summed E-state index contributed by atoms with van der Waals surface area (Å²) in [6.07, 6.45) is 0.452. The van der Waals surface area contributed by atoms with Gasteiger partial charge in [-0.3, -0.25) is 5.41 Å². The summed E-state index contributed by atoms with van der Waals surface area (Å²) in [5, 5.41) is 15.9. The molecule has 1 rings (SSSR count). The van der Waals surface area contributed by atoms with E-state index in [-0.39, 0.29) is 12.1 Å². The van der Waals surface area contributed by atoms with Crippen molar-refractivity contribution in [2.75, 3.05) is 13.1 Å². The lowest BCUT2D eigenvalue weighted by Gasteiger charge is -2.13. The number of aliphatic hydroxyl groups is 1. The van der Waals surface area contributed by atoms with Crippen molar-refractivity contribution in [1.82, 2.24) is 4.90 Å². The summed E-state index contributed by atoms with van der Waals surface area (Å²) in [6.45, 7) is 1.24. The van der Waals surface area contributed by atoms with Gasteiger partial charge in [-0.15, -0.1) is 0 Å². The van der Waals surface area contributed by atoms with E-state index in [1.54, 1.807) is 4.90 Å². The van der Waals surface area contributed by atoms with Gasteiger partial charge in [0.2, 0.25) is 0 Å². The number of hydrogen-bond donors (Lipinski definition) is 3. The molecule has 1 heterocycles. The SMILES string of the molecule is N=C(N)N1CCC(O)C1. The summed E-state index contributed by atoms with van der Waals surface area (Å²) in [5.74, 6) is 0.0616. The topological polar surface area (TPSA) is 73.3 Å². The minimum absolute atomic E-state index is 0.0616. The van der Waals surface area contributed by atoms with Crippen molar-refractivity contribution in [2.45, 2.75) is 12.5 Å². The first-order chi connectivity index (χ1) is 4.20. The van der Waals surface area contributed by atoms with E-state index in [1.165, 1.54) is 0 Å². The molecule has 0 radical (unpaired) electrons. The van der Waals surface area contributed by atoms with Crippen LogP contribution in [0.5, 0.6) is 0 Å². The van der Waals surface area contributed by atoms with Crippen LogP contribution in [0, 0.1) is 5.41 Å². The largest absolute Gasteiger partial charge is 0.391 e. The maximum atomic E-state index is 8.95. The van der Waals surface area contributed by atoms with E-state index in [0.717, 1.165) is 13.0 Å². The van der Waals surface area contributed by atoms with Crippen LogP contribution in [0.15, 0.2) is 0 Å². The molecule has 0 aromatic heterocycles. The van der Waals surface area contributed by atoms with Gasteiger partial charge in [0, 0.05) is 13.1 Å². The van der Waals surface area contributed by atoms with Crippen molar-refractivity contribution in [1.29, 1.82) is 5.41 Å². The standard InChI is InChI=1S/C5H11N3O/c6-5(7)8-2-1-4(9)3-8/h4,9H,1-3H2,(H3,6,7). The van der Waals surface area contributed by atoms with Gasteiger partial charge in [0.05, 0.1) is 6.10 Å². The molecule has 0 aromatic rings. The van der Waals surface area contributed by atoms with Crippen LogP contribution in [-0.4, -0.2) is 35.2 Å². The molecule has 0 amide bonds. The van der Waals surface area contributed by atoms with Crippen LogP contribution in [0.4, 0.5) is 0 Å². The zero-order chi connectivity index (χ0) is 6.85. The van der Waals surface area contributed by atoms with Crippen molar-refractivity contribution >= 4 is 5.96 Å². The molecule has 0 saturated carbocycles. The summed E-state index contributed by atoms with van der Waals surface area (Å²) in [5.41, 5.74) is 5.16. The fourth-order valence-corrected chi connectivity index (χ4v) is 0.961. The summed E-state index contributed by atoms with van der Waals surface area (Å²) >= 11 is 0. The van der Waals surface area contributed by atoms with E-state index in [9.17, 15) is 0 Å². The Labute approximate surface area is 53.8 Å². The lowest BCUT2D eigenvalue weighted by atomic mass is 10.3. The molecule has 1 aliphatic rings. The second kappa shape index (κ2) is 2.23. The maximum absolute atomic E-state index is 8.95. The van der Waals surface area contributed by atoms with Gasteiger partial charge < -0.3 is 15.7 Å². The molecule has 0 bridgehead atoms. The highest BCUT2D eigenvalue weighted by molar-refractivity contribution is 5.74. The van der Waals surface area contributed by atoms with E-state index in [2.05, 4.69) is 0 Å². The minimum atomic E-state index is -0.283. The van der Waals surface area contributed by atoms with E-state index in [4.69, 9.17) is 16.2 Å². The number of rotatable bonds is 0. The van der Waals surface area contributed by atoms with Gasteiger partial charge in [-0.1, -0.05) is 0 Å². The Morgan fingerprint density at radius 1 is 1.78 bits per heavy atom. The van der Waals surface area contributed by atoms with Crippen LogP contribution in [0.3, 0.4) is 0 Å². The lowest BCUT2D eigenvalue weighted by Crippen LogP contribution is -2.34. The fraction of sp³-hybridized carbons (Fsp3) is 0.800. The van der Waals surface area contributed by atoms with Gasteiger partial charge >= 0.3 is 0 Å². The van der Waals surface area contributed by atoms with Crippen LogP contribution in [0.2, 0.25) is 0 Å². The van der Waals surface area contributed by atoms with Crippen molar-refractivity contribution in [3.63, 3.8) is 0 Å². The second-order valence-corrected chi connectivity index (χ2v) is 2.27. The normalized spacial score (nSPS) is 26.8. The average molecular weight is 129 g/mol. The number of guanidine groups is 1. The second-order valence-electron chi connectivity index (χ2n) is 2.27. The van der Waals surface area contributed by atoms with E-state index in [0.29, 0.717) is 6.54 Å². The molecule has 1 saturated heterocycles. The van der Waals surface area contributed by atoms with Gasteiger partial charge in [-0.05, 0) is 6.42 Å². The zero-order valence-corrected chi connectivity index (χ0v) is 5.17. The molecule has 4 heteroatoms. The van der Waals surface area contributed by atoms with E-state index < -0.39 is 0 Å². The molecule has 1 atom stereocenters. The molecule has 0 aromatic carbocycles. The Bertz CT molecular complexity index is 125. The molecule has 4 N–H and O–H groups in total. The van der Waals surface area contributed by atoms with Crippen LogP contribution in [0.1, 0.15) is 6.42 Å². The van der Waals surface area contributed by atoms with E-state index >= 15 is 0 Å². The van der Waals surface area contributed by atoms with Crippen molar-refractivity contribution in [3.8, 4) is 0 Å². The van der Waals surface area contributed by atoms with Crippen LogP contribution < -0.4 is 5.73 Å². The number of nitrogens with zero attached hydrogens (tertiary/aromatic N) is 1. The van der Waals surface area contributed by atoms with Crippen molar-refractivity contribution in [2.24, 2.45) is 5.73 Å². The molecule has 0 aliphatic carbocycles. The van der Waals surface area contributed by atoms with Gasteiger partial charge in [-0.25, -0.2) is 0 Å². The van der Waals surface area contributed by atoms with Gasteiger partial charge in [0.15, 0.2) is 5.96 Å². The smallest absolute Gasteiger partial charge is 0.188 e. The highest BCUT2D eigenvalue weighted by atomic mass is 16.3. The Kier molecular flexibility index (Phi) is 1.57. The number of aliphatic hydroxyl groups excluding tert-OH is 1. The van der Waals surface area contributed by atoms with Crippen LogP contribution in [0.25, 0.3) is 0 Å². The van der Waals surface area contributed by atoms with Gasteiger partial charge in [-0.2, -0.15) is 0 Å². The summed E-state index contributed by atoms with van der Waals surface area (Å²) in [4.78, 5) is 1.66. The predicted octanol–water partition coefficient (Wildman–Crippen LogP) is -1.05. The van der Waals surface area contributed by atoms with E-state index in [1.807, 2.05) is 0 Å². The molecule has 1 aliphatic heterocycles. The third-order valence-electron chi connectivity index (χ3n) is 1.50. The maximum Gasteiger partial charge on any atom is 0.188 e. The molecule has 0 spiro atoms. The highest BCUT2D eigenvalue weighted by Crippen LogP contribution is 2.06. The van der Waals surface area contributed by atoms with Crippen molar-refractivity contribution < 1.29 is 5.11 Å². The number of nitrogens with one attached hydrogen (secondary N) is 1. The molecule has 1 fully saturated rings. The van der Waals surface area contributed by atoms with Crippen molar-refractivity contribution in [3.05, 3.63) is 0 Å². The Morgan fingerprint density at radius 2 is 2.44 bits per heavy atom. The molecule has 9 heavy (non-hydrogen) atoms. The highest BCUT2D eigenvalue weighted by Gasteiger charge is 2.20. The first-order valence-electron chi connectivity index (χ1n) is 2.97. The lowest BCUT2D eigenvalue weighted by molar-refractivity contribution is 0.188. The predicted molar refractivity (Wildman–Crippen MR) is 34.1 cm³/mol. The van der Waals surface area contributed by atoms with Gasteiger partial charge in [0.1, 0.15) is 0 Å². The number of likely N-dealkylation sites (tertiary alicyclic amines) is 1. The molecular formula is C5H11N3O. The first kappa shape index (κ1) is 6.35. The zero-order valence-electron chi connectivity index (χ0n) is 5.17. The number of hydrogen-bond acceptors (Lipinski definition) is 2. The summed E-state index contributed by atoms with van der Waals surface area (Å²) < 4.78 is 0. The minimum Gasteiger partial charge on any atom is -0.391 e. The molecule has 52 valence electrons. The third kappa shape index (κ3) is 1.32. The molecular weight excluding hydrogens is 118 g/mol. The summed E-state index contributed by atoms with van der Waals surface area (Å²) in [7, 11) is 0. The Hall–Kier alpha value is -0.770. The number of β-amino-alcohol motifs (C(OH)–C–C–N with tert-alkyl or cyclic N) is 1. The first-order valence-corrected chi connectivity index (χ1v) is 2.97. The fourth-order valence-electron chi connectivity index (χ4n) is 0.961. The summed E-state index contributed by atoms with van der Waals surface area (Å²) in [6, 6.07) is 0.